The zero-order valence-electron chi connectivity index (χ0n) is 11.1. The van der Waals surface area contributed by atoms with Crippen LogP contribution in [-0.2, 0) is 4.79 Å². The maximum absolute atomic E-state index is 11.0. The van der Waals surface area contributed by atoms with Crippen molar-refractivity contribution < 1.29 is 14.6 Å². The number of hydrogen-bond donors (Lipinski definition) is 3. The largest absolute Gasteiger partial charge is 0.491 e. The van der Waals surface area contributed by atoms with E-state index >= 15 is 0 Å². The minimum absolute atomic E-state index is 0.0987. The Bertz CT molecular complexity index is 456. The van der Waals surface area contributed by atoms with Gasteiger partial charge in [-0.25, -0.2) is 0 Å². The van der Waals surface area contributed by atoms with Gasteiger partial charge in [0.25, 0.3) is 0 Å². The van der Waals surface area contributed by atoms with Crippen molar-refractivity contribution in [3.8, 4) is 5.75 Å². The third-order valence-electron chi connectivity index (χ3n) is 3.09. The summed E-state index contributed by atoms with van der Waals surface area (Å²) in [6.45, 7) is 1.29. The Morgan fingerprint density at radius 2 is 2.40 bits per heavy atom. The van der Waals surface area contributed by atoms with E-state index in [1.54, 1.807) is 24.3 Å². The molecule has 1 amide bonds. The standard InChI is InChI=1S/C14H19ClN2O3/c15-10-2-1-3-13(6-10)20-9-12(18)8-16-7-11-4-5-14(19)17-11/h1-3,6,11-12,16,18H,4-5,7-9H2,(H,17,19). The maximum Gasteiger partial charge on any atom is 0.220 e. The highest BCUT2D eigenvalue weighted by Gasteiger charge is 2.20. The van der Waals surface area contributed by atoms with Gasteiger partial charge in [-0.1, -0.05) is 17.7 Å². The van der Waals surface area contributed by atoms with Crippen molar-refractivity contribution in [2.75, 3.05) is 19.7 Å². The molecule has 6 heteroatoms. The first-order valence-electron chi connectivity index (χ1n) is 6.70. The van der Waals surface area contributed by atoms with Gasteiger partial charge in [0.15, 0.2) is 0 Å². The van der Waals surface area contributed by atoms with E-state index in [0.717, 1.165) is 6.42 Å². The smallest absolute Gasteiger partial charge is 0.220 e. The number of carbonyl (C=O) groups excluding carboxylic acids is 1. The van der Waals surface area contributed by atoms with E-state index < -0.39 is 6.10 Å². The molecule has 20 heavy (non-hydrogen) atoms. The highest BCUT2D eigenvalue weighted by atomic mass is 35.5. The van der Waals surface area contributed by atoms with Gasteiger partial charge >= 0.3 is 0 Å². The summed E-state index contributed by atoms with van der Waals surface area (Å²) in [5.41, 5.74) is 0. The average molecular weight is 299 g/mol. The van der Waals surface area contributed by atoms with Crippen molar-refractivity contribution in [3.63, 3.8) is 0 Å². The highest BCUT2D eigenvalue weighted by Crippen LogP contribution is 2.17. The van der Waals surface area contributed by atoms with Gasteiger partial charge in [0.2, 0.25) is 5.91 Å². The molecule has 0 spiro atoms. The number of amides is 1. The topological polar surface area (TPSA) is 70.6 Å². The molecule has 2 rings (SSSR count). The summed E-state index contributed by atoms with van der Waals surface area (Å²) in [6, 6.07) is 7.23. The molecule has 1 aromatic rings. The van der Waals surface area contributed by atoms with Crippen LogP contribution in [0.2, 0.25) is 5.02 Å². The van der Waals surface area contributed by atoms with Gasteiger partial charge in [0.05, 0.1) is 0 Å². The van der Waals surface area contributed by atoms with Crippen molar-refractivity contribution in [1.29, 1.82) is 0 Å². The van der Waals surface area contributed by atoms with E-state index in [9.17, 15) is 9.90 Å². The number of hydrogen-bond acceptors (Lipinski definition) is 4. The lowest BCUT2D eigenvalue weighted by Crippen LogP contribution is -2.40. The number of halogens is 1. The third-order valence-corrected chi connectivity index (χ3v) is 3.33. The van der Waals surface area contributed by atoms with Crippen LogP contribution in [0.4, 0.5) is 0 Å². The van der Waals surface area contributed by atoms with E-state index in [-0.39, 0.29) is 18.6 Å². The molecule has 5 nitrogen and oxygen atoms in total. The summed E-state index contributed by atoms with van der Waals surface area (Å²) >= 11 is 5.84. The van der Waals surface area contributed by atoms with Gasteiger partial charge in [0.1, 0.15) is 18.5 Å². The summed E-state index contributed by atoms with van der Waals surface area (Å²) < 4.78 is 5.44. The zero-order valence-corrected chi connectivity index (χ0v) is 11.9. The Kier molecular flexibility index (Phi) is 5.64. The van der Waals surface area contributed by atoms with Crippen LogP contribution in [0.3, 0.4) is 0 Å². The Balaban J connectivity index is 1.60. The molecule has 1 aromatic carbocycles. The van der Waals surface area contributed by atoms with Crippen molar-refractivity contribution in [2.45, 2.75) is 25.0 Å². The monoisotopic (exact) mass is 298 g/mol. The lowest BCUT2D eigenvalue weighted by molar-refractivity contribution is -0.119. The molecule has 0 aromatic heterocycles. The van der Waals surface area contributed by atoms with E-state index in [4.69, 9.17) is 16.3 Å². The molecule has 2 atom stereocenters. The Morgan fingerprint density at radius 1 is 1.55 bits per heavy atom. The van der Waals surface area contributed by atoms with Crippen LogP contribution in [0, 0.1) is 0 Å². The van der Waals surface area contributed by atoms with Crippen molar-refractivity contribution >= 4 is 17.5 Å². The van der Waals surface area contributed by atoms with Gasteiger partial charge in [-0.2, -0.15) is 0 Å². The van der Waals surface area contributed by atoms with Gasteiger partial charge in [-0.3, -0.25) is 4.79 Å². The van der Waals surface area contributed by atoms with Crippen molar-refractivity contribution in [3.05, 3.63) is 29.3 Å². The fraction of sp³-hybridized carbons (Fsp3) is 0.500. The van der Waals surface area contributed by atoms with Crippen molar-refractivity contribution in [1.82, 2.24) is 10.6 Å². The molecule has 1 heterocycles. The molecule has 0 radical (unpaired) electrons. The first-order chi connectivity index (χ1) is 9.63. The number of nitrogens with one attached hydrogen (secondary N) is 2. The molecule has 1 aliphatic rings. The number of ether oxygens (including phenoxy) is 1. The minimum Gasteiger partial charge on any atom is -0.491 e. The van der Waals surface area contributed by atoms with Crippen LogP contribution in [0.15, 0.2) is 24.3 Å². The van der Waals surface area contributed by atoms with E-state index in [1.807, 2.05) is 0 Å². The fourth-order valence-electron chi connectivity index (χ4n) is 2.06. The molecule has 1 aliphatic heterocycles. The molecule has 110 valence electrons. The average Bonchev–Trinajstić information content (AvgIpc) is 2.82. The predicted octanol–water partition coefficient (Wildman–Crippen LogP) is 0.948. The molecule has 0 bridgehead atoms. The lowest BCUT2D eigenvalue weighted by Gasteiger charge is -2.15. The van der Waals surface area contributed by atoms with Crippen LogP contribution in [0.25, 0.3) is 0 Å². The van der Waals surface area contributed by atoms with E-state index in [1.165, 1.54) is 0 Å². The second kappa shape index (κ2) is 7.47. The molecular weight excluding hydrogens is 280 g/mol. The van der Waals surface area contributed by atoms with Crippen LogP contribution < -0.4 is 15.4 Å². The molecule has 0 aliphatic carbocycles. The predicted molar refractivity (Wildman–Crippen MR) is 77.0 cm³/mol. The minimum atomic E-state index is -0.605. The summed E-state index contributed by atoms with van der Waals surface area (Å²) in [6.07, 6.45) is 0.833. The Labute approximate surface area is 123 Å². The van der Waals surface area contributed by atoms with Crippen molar-refractivity contribution in [2.24, 2.45) is 0 Å². The normalized spacial score (nSPS) is 19.7. The van der Waals surface area contributed by atoms with Gasteiger partial charge in [-0.05, 0) is 24.6 Å². The van der Waals surface area contributed by atoms with Gasteiger partial charge in [-0.15, -0.1) is 0 Å². The summed E-state index contributed by atoms with van der Waals surface area (Å²) in [7, 11) is 0. The Morgan fingerprint density at radius 3 is 3.10 bits per heavy atom. The zero-order chi connectivity index (χ0) is 14.4. The number of aliphatic hydroxyl groups is 1. The molecule has 2 unspecified atom stereocenters. The molecular formula is C14H19ClN2O3. The van der Waals surface area contributed by atoms with Gasteiger partial charge < -0.3 is 20.5 Å². The van der Waals surface area contributed by atoms with Crippen LogP contribution >= 0.6 is 11.6 Å². The summed E-state index contributed by atoms with van der Waals surface area (Å²) in [4.78, 5) is 11.0. The van der Waals surface area contributed by atoms with Crippen LogP contribution in [-0.4, -0.2) is 42.9 Å². The van der Waals surface area contributed by atoms with E-state index in [2.05, 4.69) is 10.6 Å². The molecule has 3 N–H and O–H groups in total. The lowest BCUT2D eigenvalue weighted by atomic mass is 10.2. The quantitative estimate of drug-likeness (QED) is 0.701. The number of aliphatic hydroxyl groups excluding tert-OH is 1. The SMILES string of the molecule is O=C1CCC(CNCC(O)COc2cccc(Cl)c2)N1. The summed E-state index contributed by atoms with van der Waals surface area (Å²) in [5, 5.41) is 16.4. The highest BCUT2D eigenvalue weighted by molar-refractivity contribution is 6.30. The molecule has 1 saturated heterocycles. The first kappa shape index (κ1) is 15.1. The summed E-state index contributed by atoms with van der Waals surface area (Å²) in [5.74, 6) is 0.737. The Hall–Kier alpha value is -1.30. The van der Waals surface area contributed by atoms with E-state index in [0.29, 0.717) is 30.3 Å². The second-order valence-corrected chi connectivity index (χ2v) is 5.32. The van der Waals surface area contributed by atoms with Gasteiger partial charge in [0, 0.05) is 30.6 Å². The first-order valence-corrected chi connectivity index (χ1v) is 7.08. The van der Waals surface area contributed by atoms with Crippen LogP contribution in [0.5, 0.6) is 5.75 Å². The third kappa shape index (κ3) is 5.00. The molecule has 1 fully saturated rings. The number of rotatable bonds is 7. The maximum atomic E-state index is 11.0. The fourth-order valence-corrected chi connectivity index (χ4v) is 2.24. The number of benzene rings is 1. The number of carbonyl (C=O) groups is 1. The van der Waals surface area contributed by atoms with Crippen LogP contribution in [0.1, 0.15) is 12.8 Å². The second-order valence-electron chi connectivity index (χ2n) is 4.88. The molecule has 0 saturated carbocycles.